The van der Waals surface area contributed by atoms with Crippen molar-refractivity contribution in [1.82, 2.24) is 0 Å². The van der Waals surface area contributed by atoms with E-state index in [4.69, 9.17) is 4.42 Å². The molecule has 1 aliphatic rings. The van der Waals surface area contributed by atoms with Gasteiger partial charge in [-0.1, -0.05) is 12.1 Å². The number of carbonyl (C=O) groups excluding carboxylic acids is 1. The number of aromatic carboxylic acids is 1. The van der Waals surface area contributed by atoms with Crippen molar-refractivity contribution in [3.8, 4) is 0 Å². The number of furan rings is 1. The fourth-order valence-corrected chi connectivity index (χ4v) is 2.91. The molecule has 1 saturated heterocycles. The lowest BCUT2D eigenvalue weighted by Gasteiger charge is -2.33. The largest absolute Gasteiger partial charge is 0.542 e. The van der Waals surface area contributed by atoms with Crippen LogP contribution in [0.1, 0.15) is 21.9 Å². The molecule has 0 atom stereocenters. The summed E-state index contributed by atoms with van der Waals surface area (Å²) < 4.78 is 5.28. The van der Waals surface area contributed by atoms with Gasteiger partial charge in [0.1, 0.15) is 18.3 Å². The van der Waals surface area contributed by atoms with Crippen molar-refractivity contribution in [2.45, 2.75) is 13.5 Å². The Hall–Kier alpha value is -2.27. The van der Waals surface area contributed by atoms with Gasteiger partial charge >= 0.3 is 0 Å². The van der Waals surface area contributed by atoms with E-state index in [1.54, 1.807) is 6.07 Å². The van der Waals surface area contributed by atoms with Crippen molar-refractivity contribution in [2.75, 3.05) is 31.1 Å². The lowest BCUT2D eigenvalue weighted by Crippen LogP contribution is -3.13. The number of hydrogen-bond donors (Lipinski definition) is 1. The first-order valence-electron chi connectivity index (χ1n) is 7.57. The molecule has 0 aliphatic carbocycles. The summed E-state index contributed by atoms with van der Waals surface area (Å²) >= 11 is 0. The number of quaternary nitrogens is 1. The van der Waals surface area contributed by atoms with E-state index in [0.717, 1.165) is 32.7 Å². The molecule has 0 saturated carbocycles. The maximum atomic E-state index is 10.7. The van der Waals surface area contributed by atoms with Gasteiger partial charge in [0.25, 0.3) is 0 Å². The fourth-order valence-electron chi connectivity index (χ4n) is 2.91. The van der Waals surface area contributed by atoms with Crippen LogP contribution in [0.5, 0.6) is 0 Å². The Labute approximate surface area is 129 Å². The topological polar surface area (TPSA) is 61.0 Å². The highest BCUT2D eigenvalue weighted by atomic mass is 16.4. The Morgan fingerprint density at radius 1 is 1.27 bits per heavy atom. The minimum absolute atomic E-state index is 0.0900. The van der Waals surface area contributed by atoms with Crippen molar-refractivity contribution in [3.05, 3.63) is 53.5 Å². The number of aryl methyl sites for hydroxylation is 1. The normalized spacial score (nSPS) is 16.0. The molecule has 2 heterocycles. The van der Waals surface area contributed by atoms with E-state index in [1.165, 1.54) is 22.2 Å². The van der Waals surface area contributed by atoms with Crippen molar-refractivity contribution in [3.63, 3.8) is 0 Å². The van der Waals surface area contributed by atoms with Crippen LogP contribution in [0.4, 0.5) is 5.69 Å². The third kappa shape index (κ3) is 3.31. The zero-order valence-corrected chi connectivity index (χ0v) is 12.7. The number of benzene rings is 1. The third-order valence-corrected chi connectivity index (χ3v) is 4.12. The van der Waals surface area contributed by atoms with Crippen molar-refractivity contribution < 1.29 is 19.2 Å². The van der Waals surface area contributed by atoms with Gasteiger partial charge in [-0.05, 0) is 36.8 Å². The number of anilines is 1. The van der Waals surface area contributed by atoms with Crippen molar-refractivity contribution in [1.29, 1.82) is 0 Å². The molecule has 2 aromatic rings. The van der Waals surface area contributed by atoms with Gasteiger partial charge in [0, 0.05) is 5.69 Å². The van der Waals surface area contributed by atoms with Crippen LogP contribution in [0.15, 0.2) is 40.8 Å². The molecule has 116 valence electrons. The Morgan fingerprint density at radius 3 is 2.68 bits per heavy atom. The van der Waals surface area contributed by atoms with Crippen molar-refractivity contribution in [2.24, 2.45) is 0 Å². The molecule has 5 nitrogen and oxygen atoms in total. The lowest BCUT2D eigenvalue weighted by molar-refractivity contribution is -0.915. The minimum atomic E-state index is -1.26. The fraction of sp³-hybridized carbons (Fsp3) is 0.353. The molecule has 0 amide bonds. The van der Waals surface area contributed by atoms with Crippen LogP contribution < -0.4 is 14.9 Å². The molecule has 0 spiro atoms. The molecule has 1 aliphatic heterocycles. The molecule has 1 aromatic carbocycles. The summed E-state index contributed by atoms with van der Waals surface area (Å²) in [5.74, 6) is -0.642. The molecular weight excluding hydrogens is 280 g/mol. The van der Waals surface area contributed by atoms with E-state index >= 15 is 0 Å². The van der Waals surface area contributed by atoms with Crippen LogP contribution in [0.3, 0.4) is 0 Å². The molecule has 1 aromatic heterocycles. The molecular formula is C17H20N2O3. The summed E-state index contributed by atoms with van der Waals surface area (Å²) in [6.45, 7) is 6.83. The minimum Gasteiger partial charge on any atom is -0.542 e. The number of nitrogens with zero attached hydrogens (tertiary/aromatic N) is 1. The van der Waals surface area contributed by atoms with E-state index in [0.29, 0.717) is 5.76 Å². The maximum Gasteiger partial charge on any atom is 0.159 e. The van der Waals surface area contributed by atoms with Crippen LogP contribution in [-0.2, 0) is 6.54 Å². The standard InChI is InChI=1S/C17H20N2O3/c1-13-3-2-4-14(11-13)19-9-7-18(8-10-19)12-15-5-6-16(22-15)17(20)21/h2-6,11H,7-10,12H2,1H3,(H,20,21). The van der Waals surface area contributed by atoms with Gasteiger partial charge in [-0.2, -0.15) is 0 Å². The second-order valence-corrected chi connectivity index (χ2v) is 5.81. The highest BCUT2D eigenvalue weighted by molar-refractivity contribution is 5.82. The number of piperazine rings is 1. The van der Waals surface area contributed by atoms with Crippen LogP contribution in [0.2, 0.25) is 0 Å². The monoisotopic (exact) mass is 300 g/mol. The van der Waals surface area contributed by atoms with E-state index in [2.05, 4.69) is 36.1 Å². The highest BCUT2D eigenvalue weighted by Gasteiger charge is 2.21. The molecule has 0 unspecified atom stereocenters. The van der Waals surface area contributed by atoms with Crippen LogP contribution in [0, 0.1) is 6.92 Å². The van der Waals surface area contributed by atoms with Gasteiger partial charge < -0.3 is 24.1 Å². The Balaban J connectivity index is 1.56. The highest BCUT2D eigenvalue weighted by Crippen LogP contribution is 2.15. The van der Waals surface area contributed by atoms with Gasteiger partial charge in [0.05, 0.1) is 26.2 Å². The zero-order chi connectivity index (χ0) is 15.5. The molecule has 1 fully saturated rings. The summed E-state index contributed by atoms with van der Waals surface area (Å²) in [6.07, 6.45) is 0. The third-order valence-electron chi connectivity index (χ3n) is 4.12. The number of carbonyl (C=O) groups is 1. The van der Waals surface area contributed by atoms with Gasteiger partial charge in [0.2, 0.25) is 0 Å². The summed E-state index contributed by atoms with van der Waals surface area (Å²) in [5, 5.41) is 10.7. The van der Waals surface area contributed by atoms with Gasteiger partial charge in [-0.25, -0.2) is 0 Å². The number of nitrogens with one attached hydrogen (secondary N) is 1. The first-order valence-corrected chi connectivity index (χ1v) is 7.57. The van der Waals surface area contributed by atoms with E-state index < -0.39 is 5.97 Å². The number of hydrogen-bond acceptors (Lipinski definition) is 4. The number of carboxylic acid groups (broad SMARTS) is 1. The lowest BCUT2D eigenvalue weighted by atomic mass is 10.2. The van der Waals surface area contributed by atoms with E-state index in [-0.39, 0.29) is 5.76 Å². The SMILES string of the molecule is Cc1cccc(N2CC[NH+](Cc3ccc(C(=O)[O-])o3)CC2)c1. The number of carboxylic acids is 1. The van der Waals surface area contributed by atoms with E-state index in [9.17, 15) is 9.90 Å². The molecule has 5 heteroatoms. The van der Waals surface area contributed by atoms with Crippen LogP contribution in [0.25, 0.3) is 0 Å². The second kappa shape index (κ2) is 6.23. The molecule has 0 radical (unpaired) electrons. The Morgan fingerprint density at radius 2 is 2.05 bits per heavy atom. The average Bonchev–Trinajstić information content (AvgIpc) is 2.97. The van der Waals surface area contributed by atoms with Crippen LogP contribution in [-0.4, -0.2) is 32.1 Å². The predicted octanol–water partition coefficient (Wildman–Crippen LogP) is -0.143. The quantitative estimate of drug-likeness (QED) is 0.853. The summed E-state index contributed by atoms with van der Waals surface area (Å²) in [6, 6.07) is 11.8. The Bertz CT molecular complexity index is 657. The van der Waals surface area contributed by atoms with Gasteiger partial charge in [0.15, 0.2) is 5.76 Å². The molecule has 0 bridgehead atoms. The molecule has 1 N–H and O–H groups in total. The number of rotatable bonds is 4. The maximum absolute atomic E-state index is 10.7. The predicted molar refractivity (Wildman–Crippen MR) is 80.8 cm³/mol. The first-order chi connectivity index (χ1) is 10.6. The average molecular weight is 300 g/mol. The Kier molecular flexibility index (Phi) is 4.15. The summed E-state index contributed by atoms with van der Waals surface area (Å²) in [5.41, 5.74) is 2.55. The zero-order valence-electron chi connectivity index (χ0n) is 12.7. The van der Waals surface area contributed by atoms with Crippen molar-refractivity contribution >= 4 is 11.7 Å². The summed E-state index contributed by atoms with van der Waals surface area (Å²) in [4.78, 5) is 14.5. The van der Waals surface area contributed by atoms with Gasteiger partial charge in [-0.15, -0.1) is 0 Å². The van der Waals surface area contributed by atoms with Gasteiger partial charge in [-0.3, -0.25) is 0 Å². The summed E-state index contributed by atoms with van der Waals surface area (Å²) in [7, 11) is 0. The second-order valence-electron chi connectivity index (χ2n) is 5.81. The molecule has 3 rings (SSSR count). The first kappa shape index (κ1) is 14.7. The van der Waals surface area contributed by atoms with Crippen LogP contribution >= 0.6 is 0 Å². The smallest absolute Gasteiger partial charge is 0.159 e. The molecule has 22 heavy (non-hydrogen) atoms. The van der Waals surface area contributed by atoms with E-state index in [1.807, 2.05) is 0 Å².